The van der Waals surface area contributed by atoms with Gasteiger partial charge in [0.25, 0.3) is 0 Å². The van der Waals surface area contributed by atoms with Crippen LogP contribution in [0.1, 0.15) is 24.0 Å². The molecule has 3 nitrogen and oxygen atoms in total. The summed E-state index contributed by atoms with van der Waals surface area (Å²) in [5, 5.41) is 3.57. The Balaban J connectivity index is 1.64. The molecule has 1 unspecified atom stereocenters. The average molecular weight is 278 g/mol. The molecule has 1 aliphatic carbocycles. The molecule has 2 aliphatic rings. The molecular formula is C16H23FN2O. The van der Waals surface area contributed by atoms with E-state index in [4.69, 9.17) is 4.74 Å². The minimum absolute atomic E-state index is 0.147. The maximum Gasteiger partial charge on any atom is 0.123 e. The van der Waals surface area contributed by atoms with Gasteiger partial charge in [-0.3, -0.25) is 4.90 Å². The van der Waals surface area contributed by atoms with E-state index < -0.39 is 0 Å². The first-order chi connectivity index (χ1) is 9.72. The van der Waals surface area contributed by atoms with E-state index in [2.05, 4.69) is 10.2 Å². The zero-order chi connectivity index (χ0) is 13.9. The van der Waals surface area contributed by atoms with E-state index in [-0.39, 0.29) is 5.82 Å². The Morgan fingerprint density at radius 3 is 3.05 bits per heavy atom. The van der Waals surface area contributed by atoms with Crippen molar-refractivity contribution in [1.29, 1.82) is 0 Å². The summed E-state index contributed by atoms with van der Waals surface area (Å²) in [7, 11) is 0. The Morgan fingerprint density at radius 2 is 2.25 bits per heavy atom. The smallest absolute Gasteiger partial charge is 0.123 e. The van der Waals surface area contributed by atoms with Gasteiger partial charge in [-0.2, -0.15) is 0 Å². The second-order valence-electron chi connectivity index (χ2n) is 5.95. The number of nitrogens with zero attached hydrogens (tertiary/aromatic N) is 1. The molecule has 0 bridgehead atoms. The monoisotopic (exact) mass is 278 g/mol. The molecule has 0 amide bonds. The lowest BCUT2D eigenvalue weighted by molar-refractivity contribution is -0.0111. The van der Waals surface area contributed by atoms with Gasteiger partial charge >= 0.3 is 0 Å². The Bertz CT molecular complexity index is 462. The first-order valence-electron chi connectivity index (χ1n) is 7.52. The van der Waals surface area contributed by atoms with Crippen LogP contribution in [-0.4, -0.2) is 43.3 Å². The highest BCUT2D eigenvalue weighted by atomic mass is 19.1. The third-order valence-electron chi connectivity index (χ3n) is 4.25. The quantitative estimate of drug-likeness (QED) is 0.892. The third kappa shape index (κ3) is 3.57. The molecule has 4 heteroatoms. The molecule has 0 aromatic heterocycles. The zero-order valence-corrected chi connectivity index (χ0v) is 12.1. The number of ether oxygens (including phenoxy) is 1. The summed E-state index contributed by atoms with van der Waals surface area (Å²) in [6.07, 6.45) is 2.60. The van der Waals surface area contributed by atoms with Crippen molar-refractivity contribution in [3.05, 3.63) is 35.1 Å². The summed E-state index contributed by atoms with van der Waals surface area (Å²) in [4.78, 5) is 2.42. The average Bonchev–Trinajstić information content (AvgIpc) is 3.26. The van der Waals surface area contributed by atoms with Crippen LogP contribution in [0, 0.1) is 12.7 Å². The minimum Gasteiger partial charge on any atom is -0.378 e. The molecule has 110 valence electrons. The lowest BCUT2D eigenvalue weighted by Crippen LogP contribution is -2.50. The summed E-state index contributed by atoms with van der Waals surface area (Å²) >= 11 is 0. The van der Waals surface area contributed by atoms with Gasteiger partial charge in [-0.1, -0.05) is 6.07 Å². The maximum absolute atomic E-state index is 13.4. The number of hydrogen-bond acceptors (Lipinski definition) is 3. The first-order valence-corrected chi connectivity index (χ1v) is 7.52. The van der Waals surface area contributed by atoms with Crippen LogP contribution < -0.4 is 5.32 Å². The highest BCUT2D eigenvalue weighted by molar-refractivity contribution is 5.26. The van der Waals surface area contributed by atoms with Gasteiger partial charge in [-0.25, -0.2) is 4.39 Å². The van der Waals surface area contributed by atoms with Crippen molar-refractivity contribution >= 4 is 0 Å². The second kappa shape index (κ2) is 6.20. The SMILES string of the molecule is Cc1ccc(F)cc1CN1CCOCC1CNC1CC1. The number of morpholine rings is 1. The van der Waals surface area contributed by atoms with E-state index in [9.17, 15) is 4.39 Å². The van der Waals surface area contributed by atoms with Gasteiger partial charge in [0, 0.05) is 31.7 Å². The third-order valence-corrected chi connectivity index (χ3v) is 4.25. The predicted octanol–water partition coefficient (Wildman–Crippen LogP) is 2.09. The van der Waals surface area contributed by atoms with Gasteiger partial charge in [0.15, 0.2) is 0 Å². The summed E-state index contributed by atoms with van der Waals surface area (Å²) in [5.74, 6) is -0.147. The molecular weight excluding hydrogens is 255 g/mol. The Kier molecular flexibility index (Phi) is 4.34. The van der Waals surface area contributed by atoms with E-state index in [0.717, 1.165) is 50.0 Å². The van der Waals surface area contributed by atoms with Gasteiger partial charge in [-0.15, -0.1) is 0 Å². The summed E-state index contributed by atoms with van der Waals surface area (Å²) in [5.41, 5.74) is 2.25. The first kappa shape index (κ1) is 14.0. The Labute approximate surface area is 120 Å². The number of hydrogen-bond donors (Lipinski definition) is 1. The predicted molar refractivity (Wildman–Crippen MR) is 77.2 cm³/mol. The molecule has 1 heterocycles. The lowest BCUT2D eigenvalue weighted by atomic mass is 10.1. The Hall–Kier alpha value is -0.970. The van der Waals surface area contributed by atoms with E-state index >= 15 is 0 Å². The fourth-order valence-electron chi connectivity index (χ4n) is 2.70. The topological polar surface area (TPSA) is 24.5 Å². The van der Waals surface area contributed by atoms with Crippen molar-refractivity contribution in [3.63, 3.8) is 0 Å². The largest absolute Gasteiger partial charge is 0.378 e. The normalized spacial score (nSPS) is 24.0. The molecule has 0 spiro atoms. The van der Waals surface area contributed by atoms with Gasteiger partial charge < -0.3 is 10.1 Å². The fraction of sp³-hybridized carbons (Fsp3) is 0.625. The van der Waals surface area contributed by atoms with E-state index in [0.29, 0.717) is 6.04 Å². The molecule has 20 heavy (non-hydrogen) atoms. The van der Waals surface area contributed by atoms with Gasteiger partial charge in [0.2, 0.25) is 0 Å². The Morgan fingerprint density at radius 1 is 1.40 bits per heavy atom. The standard InChI is InChI=1S/C16H23FN2O/c1-12-2-3-14(17)8-13(12)10-19-6-7-20-11-16(19)9-18-15-4-5-15/h2-3,8,15-16,18H,4-7,9-11H2,1H3. The summed E-state index contributed by atoms with van der Waals surface area (Å²) in [6, 6.07) is 6.17. The highest BCUT2D eigenvalue weighted by Crippen LogP contribution is 2.20. The molecule has 1 aliphatic heterocycles. The molecule has 2 fully saturated rings. The number of halogens is 1. The van der Waals surface area contributed by atoms with Crippen LogP contribution in [0.15, 0.2) is 18.2 Å². The van der Waals surface area contributed by atoms with Crippen molar-refractivity contribution in [1.82, 2.24) is 10.2 Å². The van der Waals surface area contributed by atoms with E-state index in [1.165, 1.54) is 18.9 Å². The number of aryl methyl sites for hydroxylation is 1. The second-order valence-corrected chi connectivity index (χ2v) is 5.95. The van der Waals surface area contributed by atoms with Crippen LogP contribution in [0.3, 0.4) is 0 Å². The molecule has 0 radical (unpaired) electrons. The molecule has 1 aromatic rings. The molecule has 1 N–H and O–H groups in total. The molecule has 1 saturated heterocycles. The van der Waals surface area contributed by atoms with Crippen LogP contribution >= 0.6 is 0 Å². The zero-order valence-electron chi connectivity index (χ0n) is 12.1. The van der Waals surface area contributed by atoms with Crippen LogP contribution in [0.2, 0.25) is 0 Å². The fourth-order valence-corrected chi connectivity index (χ4v) is 2.70. The van der Waals surface area contributed by atoms with Crippen LogP contribution in [0.4, 0.5) is 4.39 Å². The molecule has 1 aromatic carbocycles. The minimum atomic E-state index is -0.147. The maximum atomic E-state index is 13.4. The summed E-state index contributed by atoms with van der Waals surface area (Å²) < 4.78 is 19.0. The molecule has 1 saturated carbocycles. The van der Waals surface area contributed by atoms with Crippen LogP contribution in [0.5, 0.6) is 0 Å². The molecule has 3 rings (SSSR count). The van der Waals surface area contributed by atoms with Crippen molar-refractivity contribution in [3.8, 4) is 0 Å². The van der Waals surface area contributed by atoms with Crippen LogP contribution in [-0.2, 0) is 11.3 Å². The lowest BCUT2D eigenvalue weighted by Gasteiger charge is -2.36. The number of nitrogens with one attached hydrogen (secondary N) is 1. The van der Waals surface area contributed by atoms with E-state index in [1.807, 2.05) is 13.0 Å². The highest BCUT2D eigenvalue weighted by Gasteiger charge is 2.27. The van der Waals surface area contributed by atoms with Gasteiger partial charge in [-0.05, 0) is 43.0 Å². The van der Waals surface area contributed by atoms with Crippen molar-refractivity contribution in [2.75, 3.05) is 26.3 Å². The van der Waals surface area contributed by atoms with Crippen molar-refractivity contribution < 1.29 is 9.13 Å². The van der Waals surface area contributed by atoms with Gasteiger partial charge in [0.1, 0.15) is 5.82 Å². The number of benzene rings is 1. The van der Waals surface area contributed by atoms with Crippen LogP contribution in [0.25, 0.3) is 0 Å². The summed E-state index contributed by atoms with van der Waals surface area (Å²) in [6.45, 7) is 6.30. The van der Waals surface area contributed by atoms with E-state index in [1.54, 1.807) is 6.07 Å². The molecule has 1 atom stereocenters. The van der Waals surface area contributed by atoms with Crippen molar-refractivity contribution in [2.24, 2.45) is 0 Å². The van der Waals surface area contributed by atoms with Gasteiger partial charge in [0.05, 0.1) is 13.2 Å². The number of rotatable bonds is 5. The van der Waals surface area contributed by atoms with Crippen molar-refractivity contribution in [2.45, 2.75) is 38.4 Å².